The number of nitrogens with zero attached hydrogens (tertiary/aromatic N) is 3. The molecule has 0 saturated carbocycles. The SMILES string of the molecule is COCc1nc(CSc2nc3ccccc3nc2C)cs1. The van der Waals surface area contributed by atoms with Crippen LogP contribution < -0.4 is 0 Å². The van der Waals surface area contributed by atoms with Crippen LogP contribution in [0, 0.1) is 6.92 Å². The molecule has 1 aromatic carbocycles. The van der Waals surface area contributed by atoms with Crippen molar-refractivity contribution in [1.29, 1.82) is 0 Å². The van der Waals surface area contributed by atoms with E-state index in [1.54, 1.807) is 30.2 Å². The molecule has 0 aliphatic carbocycles. The molecule has 4 nitrogen and oxygen atoms in total. The Kier molecular flexibility index (Phi) is 4.48. The van der Waals surface area contributed by atoms with Crippen molar-refractivity contribution in [2.45, 2.75) is 24.3 Å². The minimum Gasteiger partial charge on any atom is -0.378 e. The van der Waals surface area contributed by atoms with Crippen LogP contribution in [0.4, 0.5) is 0 Å². The van der Waals surface area contributed by atoms with Crippen molar-refractivity contribution in [3.63, 3.8) is 0 Å². The third kappa shape index (κ3) is 3.40. The van der Waals surface area contributed by atoms with E-state index in [1.807, 2.05) is 31.2 Å². The fraction of sp³-hybridized carbons (Fsp3) is 0.267. The van der Waals surface area contributed by atoms with Crippen LogP contribution in [0.15, 0.2) is 34.7 Å². The van der Waals surface area contributed by atoms with Crippen molar-refractivity contribution in [1.82, 2.24) is 15.0 Å². The standard InChI is InChI=1S/C15H15N3OS2/c1-10-15(18-13-6-4-3-5-12(13)16-10)21-9-11-8-20-14(17-11)7-19-2/h3-6,8H,7,9H2,1-2H3. The van der Waals surface area contributed by atoms with E-state index in [0.29, 0.717) is 6.61 Å². The summed E-state index contributed by atoms with van der Waals surface area (Å²) in [6, 6.07) is 7.95. The molecule has 0 N–H and O–H groups in total. The van der Waals surface area contributed by atoms with Crippen LogP contribution in [-0.4, -0.2) is 22.1 Å². The summed E-state index contributed by atoms with van der Waals surface area (Å²) in [5.74, 6) is 0.800. The molecule has 0 bridgehead atoms. The van der Waals surface area contributed by atoms with Gasteiger partial charge in [0.15, 0.2) is 0 Å². The lowest BCUT2D eigenvalue weighted by Crippen LogP contribution is -1.93. The fourth-order valence-electron chi connectivity index (χ4n) is 1.96. The van der Waals surface area contributed by atoms with Crippen molar-refractivity contribution < 1.29 is 4.74 Å². The van der Waals surface area contributed by atoms with Crippen molar-refractivity contribution in [3.8, 4) is 0 Å². The van der Waals surface area contributed by atoms with E-state index in [1.165, 1.54) is 0 Å². The molecule has 2 heterocycles. The molecule has 0 spiro atoms. The highest BCUT2D eigenvalue weighted by atomic mass is 32.2. The van der Waals surface area contributed by atoms with Gasteiger partial charge in [-0.1, -0.05) is 23.9 Å². The number of fused-ring (bicyclic) bond motifs is 1. The fourth-order valence-corrected chi connectivity index (χ4v) is 3.68. The summed E-state index contributed by atoms with van der Waals surface area (Å²) in [5.41, 5.74) is 3.90. The second-order valence-electron chi connectivity index (χ2n) is 4.56. The Bertz CT molecular complexity index is 758. The monoisotopic (exact) mass is 317 g/mol. The smallest absolute Gasteiger partial charge is 0.119 e. The van der Waals surface area contributed by atoms with Crippen LogP contribution in [0.1, 0.15) is 16.4 Å². The molecule has 0 saturated heterocycles. The van der Waals surface area contributed by atoms with Gasteiger partial charge in [0.25, 0.3) is 0 Å². The van der Waals surface area contributed by atoms with Crippen LogP contribution in [0.5, 0.6) is 0 Å². The molecule has 0 aliphatic heterocycles. The summed E-state index contributed by atoms with van der Waals surface area (Å²) in [4.78, 5) is 13.8. The molecule has 0 radical (unpaired) electrons. The number of para-hydroxylation sites is 2. The van der Waals surface area contributed by atoms with Crippen LogP contribution in [0.25, 0.3) is 11.0 Å². The maximum atomic E-state index is 5.09. The number of rotatable bonds is 5. The lowest BCUT2D eigenvalue weighted by atomic mass is 10.3. The molecule has 2 aromatic heterocycles. The normalized spacial score (nSPS) is 11.1. The zero-order chi connectivity index (χ0) is 14.7. The number of ether oxygens (including phenoxy) is 1. The molecule has 0 aliphatic rings. The Hall–Kier alpha value is -1.50. The molecule has 3 rings (SSSR count). The van der Waals surface area contributed by atoms with E-state index >= 15 is 0 Å². The van der Waals surface area contributed by atoms with Gasteiger partial charge in [0, 0.05) is 18.2 Å². The number of hydrogen-bond donors (Lipinski definition) is 0. The summed E-state index contributed by atoms with van der Waals surface area (Å²) >= 11 is 3.31. The van der Waals surface area contributed by atoms with E-state index in [-0.39, 0.29) is 0 Å². The molecule has 0 atom stereocenters. The summed E-state index contributed by atoms with van der Waals surface area (Å²) in [6.07, 6.45) is 0. The minimum absolute atomic E-state index is 0.574. The van der Waals surface area contributed by atoms with Gasteiger partial charge >= 0.3 is 0 Å². The summed E-state index contributed by atoms with van der Waals surface area (Å²) in [5, 5.41) is 4.05. The zero-order valence-electron chi connectivity index (χ0n) is 11.9. The average molecular weight is 317 g/mol. The largest absolute Gasteiger partial charge is 0.378 e. The number of hydrogen-bond acceptors (Lipinski definition) is 6. The third-order valence-electron chi connectivity index (χ3n) is 2.93. The van der Waals surface area contributed by atoms with Gasteiger partial charge in [-0.15, -0.1) is 11.3 Å². The van der Waals surface area contributed by atoms with Gasteiger partial charge in [-0.3, -0.25) is 0 Å². The number of methoxy groups -OCH3 is 1. The first-order valence-electron chi connectivity index (χ1n) is 6.54. The van der Waals surface area contributed by atoms with Gasteiger partial charge in [-0.05, 0) is 19.1 Å². The van der Waals surface area contributed by atoms with E-state index in [2.05, 4.69) is 20.3 Å². The van der Waals surface area contributed by atoms with E-state index in [4.69, 9.17) is 4.74 Å². The molecule has 0 amide bonds. The van der Waals surface area contributed by atoms with Crippen molar-refractivity contribution in [2.75, 3.05) is 7.11 Å². The Morgan fingerprint density at radius 1 is 1.14 bits per heavy atom. The van der Waals surface area contributed by atoms with Gasteiger partial charge in [0.2, 0.25) is 0 Å². The highest BCUT2D eigenvalue weighted by molar-refractivity contribution is 7.98. The molecular weight excluding hydrogens is 302 g/mol. The van der Waals surface area contributed by atoms with Gasteiger partial charge in [0.05, 0.1) is 29.0 Å². The second-order valence-corrected chi connectivity index (χ2v) is 6.46. The Labute approximate surface area is 131 Å². The van der Waals surface area contributed by atoms with E-state index in [9.17, 15) is 0 Å². The van der Waals surface area contributed by atoms with Crippen LogP contribution in [0.2, 0.25) is 0 Å². The van der Waals surface area contributed by atoms with Crippen molar-refractivity contribution in [3.05, 3.63) is 46.0 Å². The van der Waals surface area contributed by atoms with Crippen molar-refractivity contribution >= 4 is 34.1 Å². The summed E-state index contributed by atoms with van der Waals surface area (Å²) < 4.78 is 5.09. The molecule has 6 heteroatoms. The first kappa shape index (κ1) is 14.4. The summed E-state index contributed by atoms with van der Waals surface area (Å²) in [7, 11) is 1.68. The second kappa shape index (κ2) is 6.51. The molecule has 108 valence electrons. The van der Waals surface area contributed by atoms with Crippen LogP contribution >= 0.6 is 23.1 Å². The van der Waals surface area contributed by atoms with Crippen LogP contribution in [-0.2, 0) is 17.1 Å². The van der Waals surface area contributed by atoms with Crippen molar-refractivity contribution in [2.24, 2.45) is 0 Å². The highest BCUT2D eigenvalue weighted by Gasteiger charge is 2.08. The van der Waals surface area contributed by atoms with Crippen LogP contribution in [0.3, 0.4) is 0 Å². The first-order valence-corrected chi connectivity index (χ1v) is 8.41. The first-order chi connectivity index (χ1) is 10.3. The maximum absolute atomic E-state index is 5.09. The molecule has 0 fully saturated rings. The third-order valence-corrected chi connectivity index (χ3v) is 4.90. The van der Waals surface area contributed by atoms with Gasteiger partial charge < -0.3 is 4.74 Å². The van der Waals surface area contributed by atoms with E-state index in [0.717, 1.165) is 38.2 Å². The topological polar surface area (TPSA) is 47.9 Å². The number of thiazole rings is 1. The number of aryl methyl sites for hydroxylation is 1. The average Bonchev–Trinajstić information content (AvgIpc) is 2.93. The van der Waals surface area contributed by atoms with Gasteiger partial charge in [-0.2, -0.15) is 0 Å². The Balaban J connectivity index is 1.76. The number of aromatic nitrogens is 3. The summed E-state index contributed by atoms with van der Waals surface area (Å²) in [6.45, 7) is 2.57. The lowest BCUT2D eigenvalue weighted by molar-refractivity contribution is 0.184. The van der Waals surface area contributed by atoms with E-state index < -0.39 is 0 Å². The molecule has 3 aromatic rings. The predicted molar refractivity (Wildman–Crippen MR) is 86.7 cm³/mol. The number of thioether (sulfide) groups is 1. The minimum atomic E-state index is 0.574. The molecule has 0 unspecified atom stereocenters. The van der Waals surface area contributed by atoms with Gasteiger partial charge in [-0.25, -0.2) is 15.0 Å². The quantitative estimate of drug-likeness (QED) is 0.669. The predicted octanol–water partition coefficient (Wildman–Crippen LogP) is 3.83. The Morgan fingerprint density at radius 2 is 1.90 bits per heavy atom. The number of benzene rings is 1. The molecular formula is C15H15N3OS2. The maximum Gasteiger partial charge on any atom is 0.119 e. The zero-order valence-corrected chi connectivity index (χ0v) is 13.5. The molecule has 21 heavy (non-hydrogen) atoms. The Morgan fingerprint density at radius 3 is 2.67 bits per heavy atom. The highest BCUT2D eigenvalue weighted by Crippen LogP contribution is 2.26. The van der Waals surface area contributed by atoms with Gasteiger partial charge in [0.1, 0.15) is 10.0 Å². The lowest BCUT2D eigenvalue weighted by Gasteiger charge is -2.05.